The molecule has 0 bridgehead atoms. The molecule has 3 unspecified atom stereocenters. The van der Waals surface area contributed by atoms with Gasteiger partial charge in [-0.05, 0) is 36.2 Å². The van der Waals surface area contributed by atoms with Crippen molar-refractivity contribution in [3.05, 3.63) is 66.5 Å². The number of nitrogens with one attached hydrogen (secondary N) is 1. The molecule has 37 heavy (non-hydrogen) atoms. The van der Waals surface area contributed by atoms with Crippen LogP contribution in [0.3, 0.4) is 0 Å². The van der Waals surface area contributed by atoms with E-state index in [1.807, 2.05) is 36.5 Å². The molecule has 2 aromatic carbocycles. The van der Waals surface area contributed by atoms with Gasteiger partial charge in [0.2, 0.25) is 5.78 Å². The van der Waals surface area contributed by atoms with Crippen molar-refractivity contribution >= 4 is 34.2 Å². The fraction of sp³-hybridized carbons (Fsp3) is 0.308. The van der Waals surface area contributed by atoms with E-state index >= 15 is 0 Å². The Morgan fingerprint density at radius 2 is 1.95 bits per heavy atom. The number of aromatic nitrogens is 1. The Kier molecular flexibility index (Phi) is 7.67. The lowest BCUT2D eigenvalue weighted by Gasteiger charge is -2.24. The van der Waals surface area contributed by atoms with Crippen LogP contribution < -0.4 is 10.1 Å². The number of pyridine rings is 1. The number of ketones is 1. The Morgan fingerprint density at radius 3 is 2.70 bits per heavy atom. The highest BCUT2D eigenvalue weighted by Crippen LogP contribution is 2.26. The lowest BCUT2D eigenvalue weighted by molar-refractivity contribution is -0.187. The molecule has 1 aliphatic rings. The van der Waals surface area contributed by atoms with Crippen molar-refractivity contribution in [3.8, 4) is 5.75 Å². The first-order chi connectivity index (χ1) is 17.7. The molecule has 0 amide bonds. The number of carbonyl (C=O) groups excluding carboxylic acids is 1. The molecule has 3 atom stereocenters. The van der Waals surface area contributed by atoms with Gasteiger partial charge in [-0.15, -0.1) is 0 Å². The van der Waals surface area contributed by atoms with Gasteiger partial charge >= 0.3 is 11.9 Å². The SMILES string of the molecule is O=C(O)C(O)C(O)(C(=O)O)C(=O)COc1cccc(CN2CCC(Nc3cccc4cnccc34)C2)c1. The van der Waals surface area contributed by atoms with Crippen LogP contribution in [0.2, 0.25) is 0 Å². The number of ether oxygens (including phenoxy) is 1. The zero-order valence-corrected chi connectivity index (χ0v) is 19.8. The van der Waals surface area contributed by atoms with Crippen LogP contribution in [-0.4, -0.2) is 85.5 Å². The molecule has 1 fully saturated rings. The van der Waals surface area contributed by atoms with Crippen LogP contribution in [0.25, 0.3) is 10.8 Å². The van der Waals surface area contributed by atoms with Crippen LogP contribution in [0.1, 0.15) is 12.0 Å². The van der Waals surface area contributed by atoms with E-state index in [2.05, 4.69) is 15.2 Å². The van der Waals surface area contributed by atoms with Crippen LogP contribution in [0, 0.1) is 0 Å². The van der Waals surface area contributed by atoms with Crippen molar-refractivity contribution in [1.82, 2.24) is 9.88 Å². The van der Waals surface area contributed by atoms with Crippen molar-refractivity contribution < 1.29 is 39.5 Å². The number of Topliss-reactive ketones (excluding diaryl/α,β-unsaturated/α-hetero) is 1. The van der Waals surface area contributed by atoms with E-state index in [1.165, 1.54) is 0 Å². The summed E-state index contributed by atoms with van der Waals surface area (Å²) < 4.78 is 5.33. The Bertz CT molecular complexity index is 1310. The van der Waals surface area contributed by atoms with E-state index in [4.69, 9.17) is 14.9 Å². The molecule has 5 N–H and O–H groups in total. The summed E-state index contributed by atoms with van der Waals surface area (Å²) in [7, 11) is 0. The number of carboxylic acid groups (broad SMARTS) is 2. The number of anilines is 1. The molecule has 3 aromatic rings. The molecule has 0 spiro atoms. The first kappa shape index (κ1) is 26.0. The number of aliphatic hydroxyl groups excluding tert-OH is 1. The average molecular weight is 510 g/mol. The number of aliphatic hydroxyl groups is 2. The predicted molar refractivity (Wildman–Crippen MR) is 132 cm³/mol. The van der Waals surface area contributed by atoms with Crippen molar-refractivity contribution in [3.63, 3.8) is 0 Å². The zero-order chi connectivity index (χ0) is 26.6. The van der Waals surface area contributed by atoms with Gasteiger partial charge in [0.05, 0.1) is 0 Å². The monoisotopic (exact) mass is 509 g/mol. The van der Waals surface area contributed by atoms with E-state index < -0.39 is 36.0 Å². The lowest BCUT2D eigenvalue weighted by Crippen LogP contribution is -2.60. The van der Waals surface area contributed by atoms with Gasteiger partial charge in [0.15, 0.2) is 12.7 Å². The van der Waals surface area contributed by atoms with Crippen LogP contribution in [-0.2, 0) is 20.9 Å². The van der Waals surface area contributed by atoms with Crippen LogP contribution >= 0.6 is 0 Å². The van der Waals surface area contributed by atoms with E-state index in [1.54, 1.807) is 24.4 Å². The molecule has 11 nitrogen and oxygen atoms in total. The largest absolute Gasteiger partial charge is 0.486 e. The highest BCUT2D eigenvalue weighted by atomic mass is 16.5. The first-order valence-electron chi connectivity index (χ1n) is 11.6. The summed E-state index contributed by atoms with van der Waals surface area (Å²) in [6, 6.07) is 15.1. The van der Waals surface area contributed by atoms with Crippen molar-refractivity contribution in [2.24, 2.45) is 0 Å². The molecule has 1 saturated heterocycles. The smallest absolute Gasteiger partial charge is 0.347 e. The number of nitrogens with zero attached hydrogens (tertiary/aromatic N) is 2. The second-order valence-electron chi connectivity index (χ2n) is 8.94. The van der Waals surface area contributed by atoms with Gasteiger partial charge in [-0.2, -0.15) is 0 Å². The molecule has 4 rings (SSSR count). The third-order valence-corrected chi connectivity index (χ3v) is 6.37. The number of carboxylic acids is 2. The molecule has 0 aliphatic carbocycles. The minimum atomic E-state index is -3.53. The molecule has 0 radical (unpaired) electrons. The lowest BCUT2D eigenvalue weighted by atomic mass is 9.92. The van der Waals surface area contributed by atoms with E-state index in [0.29, 0.717) is 6.54 Å². The third kappa shape index (κ3) is 5.69. The van der Waals surface area contributed by atoms with Gasteiger partial charge in [0.25, 0.3) is 5.60 Å². The van der Waals surface area contributed by atoms with Crippen LogP contribution in [0.4, 0.5) is 5.69 Å². The molecular formula is C26H27N3O8. The number of rotatable bonds is 11. The fourth-order valence-electron chi connectivity index (χ4n) is 4.38. The first-order valence-corrected chi connectivity index (χ1v) is 11.6. The van der Waals surface area contributed by atoms with Crippen molar-refractivity contribution in [2.75, 3.05) is 25.0 Å². The summed E-state index contributed by atoms with van der Waals surface area (Å²) in [5, 5.41) is 43.3. The minimum absolute atomic E-state index is 0.238. The number of aliphatic carboxylic acids is 2. The molecular weight excluding hydrogens is 482 g/mol. The Labute approximate surface area is 211 Å². The standard InChI is InChI=1S/C26H27N3O8/c30-22(26(36,25(34)35)23(31)24(32)33)15-37-19-5-1-3-16(11-19)13-29-10-8-18(14-29)28-21-6-2-4-17-12-27-9-7-20(17)21/h1-7,9,11-12,18,23,28,31,36H,8,10,13-15H2,(H,32,33)(H,34,35). The summed E-state index contributed by atoms with van der Waals surface area (Å²) in [6.45, 7) is 1.35. The minimum Gasteiger partial charge on any atom is -0.486 e. The van der Waals surface area contributed by atoms with Gasteiger partial charge in [-0.3, -0.25) is 14.7 Å². The summed E-state index contributed by atoms with van der Waals surface area (Å²) in [4.78, 5) is 40.9. The summed E-state index contributed by atoms with van der Waals surface area (Å²) in [6.07, 6.45) is 1.72. The van der Waals surface area contributed by atoms with Gasteiger partial charge in [-0.25, -0.2) is 9.59 Å². The maximum absolute atomic E-state index is 12.3. The van der Waals surface area contributed by atoms with Gasteiger partial charge in [0, 0.05) is 54.5 Å². The topological polar surface area (TPSA) is 170 Å². The molecule has 1 aromatic heterocycles. The molecule has 194 valence electrons. The second kappa shape index (κ2) is 10.9. The van der Waals surface area contributed by atoms with Crippen molar-refractivity contribution in [2.45, 2.75) is 30.7 Å². The molecule has 1 aliphatic heterocycles. The van der Waals surface area contributed by atoms with E-state index in [9.17, 15) is 24.6 Å². The quantitative estimate of drug-likeness (QED) is 0.235. The summed E-state index contributed by atoms with van der Waals surface area (Å²) in [5.74, 6) is -5.47. The average Bonchev–Trinajstić information content (AvgIpc) is 3.33. The fourth-order valence-corrected chi connectivity index (χ4v) is 4.38. The highest BCUT2D eigenvalue weighted by molar-refractivity contribution is 6.10. The van der Waals surface area contributed by atoms with E-state index in [0.717, 1.165) is 41.5 Å². The van der Waals surface area contributed by atoms with Gasteiger partial charge in [0.1, 0.15) is 5.75 Å². The second-order valence-corrected chi connectivity index (χ2v) is 8.94. The predicted octanol–water partition coefficient (Wildman–Crippen LogP) is 1.13. The van der Waals surface area contributed by atoms with Crippen LogP contribution in [0.5, 0.6) is 5.75 Å². The van der Waals surface area contributed by atoms with Crippen LogP contribution in [0.15, 0.2) is 60.9 Å². The van der Waals surface area contributed by atoms with Crippen molar-refractivity contribution in [1.29, 1.82) is 0 Å². The summed E-state index contributed by atoms with van der Waals surface area (Å²) >= 11 is 0. The number of hydrogen-bond acceptors (Lipinski definition) is 9. The van der Waals surface area contributed by atoms with Gasteiger partial charge in [-0.1, -0.05) is 24.3 Å². The number of carbonyl (C=O) groups is 3. The molecule has 11 heteroatoms. The molecule has 0 saturated carbocycles. The third-order valence-electron chi connectivity index (χ3n) is 6.37. The maximum atomic E-state index is 12.3. The Morgan fingerprint density at radius 1 is 1.16 bits per heavy atom. The summed E-state index contributed by atoms with van der Waals surface area (Å²) in [5.41, 5.74) is -1.58. The highest BCUT2D eigenvalue weighted by Gasteiger charge is 2.54. The van der Waals surface area contributed by atoms with Gasteiger partial charge < -0.3 is 30.5 Å². The normalized spacial score (nSPS) is 18.2. The molecule has 2 heterocycles. The maximum Gasteiger partial charge on any atom is 0.347 e. The van der Waals surface area contributed by atoms with E-state index in [-0.39, 0.29) is 11.8 Å². The Hall–Kier alpha value is -4.06. The zero-order valence-electron chi connectivity index (χ0n) is 19.8. The number of benzene rings is 2. The number of likely N-dealkylation sites (tertiary alicyclic amines) is 1. The number of fused-ring (bicyclic) bond motifs is 1. The number of hydrogen-bond donors (Lipinski definition) is 5. The Balaban J connectivity index is 1.34.